The first kappa shape index (κ1) is 11.0. The van der Waals surface area contributed by atoms with Crippen LogP contribution in [0.4, 0.5) is 0 Å². The van der Waals surface area contributed by atoms with Crippen molar-refractivity contribution in [1.82, 2.24) is 4.90 Å². The van der Waals surface area contributed by atoms with E-state index in [2.05, 4.69) is 18.7 Å². The van der Waals surface area contributed by atoms with Crippen LogP contribution >= 0.6 is 0 Å². The van der Waals surface area contributed by atoms with E-state index in [9.17, 15) is 0 Å². The number of aliphatic hydroxyl groups excluding tert-OH is 1. The molecule has 1 unspecified atom stereocenters. The predicted molar refractivity (Wildman–Crippen MR) is 55.8 cm³/mol. The molecule has 1 heterocycles. The first-order chi connectivity index (χ1) is 6.26. The van der Waals surface area contributed by atoms with Crippen molar-refractivity contribution in [2.24, 2.45) is 5.92 Å². The minimum absolute atomic E-state index is 0.0383. The van der Waals surface area contributed by atoms with Crippen LogP contribution in [0, 0.1) is 5.92 Å². The summed E-state index contributed by atoms with van der Waals surface area (Å²) in [6, 6.07) is 0. The fourth-order valence-corrected chi connectivity index (χ4v) is 1.97. The predicted octanol–water partition coefficient (Wildman–Crippen LogP) is 1.88. The third-order valence-electron chi connectivity index (χ3n) is 3.00. The van der Waals surface area contributed by atoms with E-state index in [1.165, 1.54) is 32.2 Å². The number of hydrogen-bond donors (Lipinski definition) is 1. The second-order valence-corrected chi connectivity index (χ2v) is 4.29. The maximum atomic E-state index is 9.14. The Morgan fingerprint density at radius 3 is 2.54 bits per heavy atom. The summed E-state index contributed by atoms with van der Waals surface area (Å²) < 4.78 is 0. The average molecular weight is 185 g/mol. The van der Waals surface area contributed by atoms with Crippen LogP contribution in [0.25, 0.3) is 0 Å². The van der Waals surface area contributed by atoms with Gasteiger partial charge < -0.3 is 5.11 Å². The minimum Gasteiger partial charge on any atom is -0.390 e. The number of hydrogen-bond acceptors (Lipinski definition) is 2. The molecule has 1 N–H and O–H groups in total. The molecule has 0 aromatic heterocycles. The number of rotatable bonds is 6. The smallest absolute Gasteiger partial charge is 0.0793 e. The monoisotopic (exact) mass is 185 g/mol. The zero-order chi connectivity index (χ0) is 9.68. The molecule has 13 heavy (non-hydrogen) atoms. The van der Waals surface area contributed by atoms with Crippen LogP contribution in [0.1, 0.15) is 39.5 Å². The normalized spacial score (nSPS) is 21.5. The van der Waals surface area contributed by atoms with Gasteiger partial charge in [-0.25, -0.2) is 0 Å². The molecule has 1 rings (SSSR count). The van der Waals surface area contributed by atoms with Gasteiger partial charge in [0, 0.05) is 19.6 Å². The molecule has 1 atom stereocenters. The van der Waals surface area contributed by atoms with Crippen molar-refractivity contribution in [3.05, 3.63) is 0 Å². The number of nitrogens with zero attached hydrogens (tertiary/aromatic N) is 1. The van der Waals surface area contributed by atoms with Gasteiger partial charge in [-0.2, -0.15) is 0 Å². The maximum Gasteiger partial charge on any atom is 0.0793 e. The summed E-state index contributed by atoms with van der Waals surface area (Å²) in [5, 5.41) is 9.14. The van der Waals surface area contributed by atoms with Crippen molar-refractivity contribution < 1.29 is 5.11 Å². The van der Waals surface area contributed by atoms with E-state index in [1.807, 2.05) is 0 Å². The van der Waals surface area contributed by atoms with E-state index in [1.54, 1.807) is 0 Å². The molecule has 0 saturated carbocycles. The van der Waals surface area contributed by atoms with Crippen molar-refractivity contribution in [3.63, 3.8) is 0 Å². The SMILES string of the molecule is CCCCC(CC)CN1CC(O)C1. The lowest BCUT2D eigenvalue weighted by molar-refractivity contribution is -0.00763. The lowest BCUT2D eigenvalue weighted by atomic mass is 9.97. The Morgan fingerprint density at radius 2 is 2.08 bits per heavy atom. The van der Waals surface area contributed by atoms with Crippen LogP contribution in [0.3, 0.4) is 0 Å². The van der Waals surface area contributed by atoms with Gasteiger partial charge in [-0.1, -0.05) is 33.1 Å². The molecule has 2 nitrogen and oxygen atoms in total. The van der Waals surface area contributed by atoms with E-state index >= 15 is 0 Å². The molecule has 1 saturated heterocycles. The molecule has 2 heteroatoms. The molecule has 0 amide bonds. The van der Waals surface area contributed by atoms with E-state index in [-0.39, 0.29) is 6.10 Å². The highest BCUT2D eigenvalue weighted by Gasteiger charge is 2.25. The second-order valence-electron chi connectivity index (χ2n) is 4.29. The van der Waals surface area contributed by atoms with Gasteiger partial charge in [0.1, 0.15) is 0 Å². The molecule has 0 bridgehead atoms. The topological polar surface area (TPSA) is 23.5 Å². The molecule has 0 aromatic carbocycles. The lowest BCUT2D eigenvalue weighted by Crippen LogP contribution is -2.52. The Kier molecular flexibility index (Phi) is 4.74. The Labute approximate surface area is 81.9 Å². The lowest BCUT2D eigenvalue weighted by Gasteiger charge is -2.38. The van der Waals surface area contributed by atoms with Crippen LogP contribution in [-0.4, -0.2) is 35.7 Å². The molecule has 0 aromatic rings. The summed E-state index contributed by atoms with van der Waals surface area (Å²) in [4.78, 5) is 2.37. The van der Waals surface area contributed by atoms with E-state index in [0.717, 1.165) is 19.0 Å². The number of likely N-dealkylation sites (tertiary alicyclic amines) is 1. The Balaban J connectivity index is 2.09. The molecular formula is C11H23NO. The zero-order valence-corrected chi connectivity index (χ0v) is 9.00. The molecule has 1 aliphatic rings. The van der Waals surface area contributed by atoms with Crippen molar-refractivity contribution >= 4 is 0 Å². The number of unbranched alkanes of at least 4 members (excludes halogenated alkanes) is 1. The van der Waals surface area contributed by atoms with Crippen LogP contribution in [0.2, 0.25) is 0 Å². The molecule has 1 aliphatic heterocycles. The Bertz CT molecular complexity index is 132. The molecular weight excluding hydrogens is 162 g/mol. The van der Waals surface area contributed by atoms with Gasteiger partial charge in [0.05, 0.1) is 6.10 Å². The van der Waals surface area contributed by atoms with Crippen molar-refractivity contribution in [3.8, 4) is 0 Å². The van der Waals surface area contributed by atoms with Gasteiger partial charge in [-0.15, -0.1) is 0 Å². The van der Waals surface area contributed by atoms with Gasteiger partial charge >= 0.3 is 0 Å². The first-order valence-corrected chi connectivity index (χ1v) is 5.66. The Hall–Kier alpha value is -0.0800. The van der Waals surface area contributed by atoms with Gasteiger partial charge in [-0.05, 0) is 12.3 Å². The van der Waals surface area contributed by atoms with Crippen LogP contribution in [-0.2, 0) is 0 Å². The average Bonchev–Trinajstić information content (AvgIpc) is 2.08. The highest BCUT2D eigenvalue weighted by molar-refractivity contribution is 4.80. The maximum absolute atomic E-state index is 9.14. The minimum atomic E-state index is -0.0383. The molecule has 0 spiro atoms. The summed E-state index contributed by atoms with van der Waals surface area (Å²) in [7, 11) is 0. The largest absolute Gasteiger partial charge is 0.390 e. The van der Waals surface area contributed by atoms with Gasteiger partial charge in [0.15, 0.2) is 0 Å². The van der Waals surface area contributed by atoms with Crippen LogP contribution in [0.5, 0.6) is 0 Å². The highest BCUT2D eigenvalue weighted by atomic mass is 16.3. The van der Waals surface area contributed by atoms with Crippen molar-refractivity contribution in [1.29, 1.82) is 0 Å². The summed E-state index contributed by atoms with van der Waals surface area (Å²) in [6.45, 7) is 7.54. The van der Waals surface area contributed by atoms with Gasteiger partial charge in [0.25, 0.3) is 0 Å². The fourth-order valence-electron chi connectivity index (χ4n) is 1.97. The summed E-state index contributed by atoms with van der Waals surface area (Å²) in [5.41, 5.74) is 0. The molecule has 0 aliphatic carbocycles. The van der Waals surface area contributed by atoms with Gasteiger partial charge in [-0.3, -0.25) is 4.90 Å². The third-order valence-corrected chi connectivity index (χ3v) is 3.00. The molecule has 1 fully saturated rings. The fraction of sp³-hybridized carbons (Fsp3) is 1.00. The van der Waals surface area contributed by atoms with Gasteiger partial charge in [0.2, 0.25) is 0 Å². The second kappa shape index (κ2) is 5.61. The standard InChI is InChI=1S/C11H23NO/c1-3-5-6-10(4-2)7-12-8-11(13)9-12/h10-11,13H,3-9H2,1-2H3. The van der Waals surface area contributed by atoms with E-state index < -0.39 is 0 Å². The zero-order valence-electron chi connectivity index (χ0n) is 9.00. The van der Waals surface area contributed by atoms with Crippen LogP contribution < -0.4 is 0 Å². The third kappa shape index (κ3) is 3.65. The highest BCUT2D eigenvalue weighted by Crippen LogP contribution is 2.17. The van der Waals surface area contributed by atoms with Crippen molar-refractivity contribution in [2.75, 3.05) is 19.6 Å². The summed E-state index contributed by atoms with van der Waals surface area (Å²) in [6.07, 6.45) is 5.27. The van der Waals surface area contributed by atoms with E-state index in [4.69, 9.17) is 5.11 Å². The summed E-state index contributed by atoms with van der Waals surface area (Å²) >= 11 is 0. The van der Waals surface area contributed by atoms with Crippen molar-refractivity contribution in [2.45, 2.75) is 45.6 Å². The van der Waals surface area contributed by atoms with E-state index in [0.29, 0.717) is 0 Å². The van der Waals surface area contributed by atoms with Crippen LogP contribution in [0.15, 0.2) is 0 Å². The molecule has 0 radical (unpaired) electrons. The first-order valence-electron chi connectivity index (χ1n) is 5.66. The molecule has 78 valence electrons. The summed E-state index contributed by atoms with van der Waals surface area (Å²) in [5.74, 6) is 0.854. The quantitative estimate of drug-likeness (QED) is 0.683. The number of β-amino-alcohol motifs (C(OH)–C–C–N with tert-alkyl or cyclic N) is 1. The Morgan fingerprint density at radius 1 is 1.38 bits per heavy atom. The number of aliphatic hydroxyl groups is 1.